The maximum Gasteiger partial charge on any atom is 0.435 e. The summed E-state index contributed by atoms with van der Waals surface area (Å²) in [4.78, 5) is 23.5. The van der Waals surface area contributed by atoms with Gasteiger partial charge in [0.2, 0.25) is 5.91 Å². The van der Waals surface area contributed by atoms with Gasteiger partial charge in [0.05, 0.1) is 16.4 Å². The maximum absolute atomic E-state index is 12.7. The zero-order valence-electron chi connectivity index (χ0n) is 14.9. The lowest BCUT2D eigenvalue weighted by molar-refractivity contribution is -0.141. The third-order valence-corrected chi connectivity index (χ3v) is 4.12. The molecule has 29 heavy (non-hydrogen) atoms. The lowest BCUT2D eigenvalue weighted by Crippen LogP contribution is -2.13. The largest absolute Gasteiger partial charge is 0.435 e. The van der Waals surface area contributed by atoms with Crippen molar-refractivity contribution in [1.82, 2.24) is 9.78 Å². The molecule has 2 aromatic carbocycles. The Bertz CT molecular complexity index is 1060. The van der Waals surface area contributed by atoms with Gasteiger partial charge in [0, 0.05) is 24.4 Å². The third-order valence-electron chi connectivity index (χ3n) is 3.81. The average molecular weight is 423 g/mol. The molecule has 10 heteroatoms. The van der Waals surface area contributed by atoms with Crippen LogP contribution < -0.4 is 10.6 Å². The van der Waals surface area contributed by atoms with Crippen LogP contribution in [0.4, 0.5) is 24.5 Å². The number of hydrogen-bond donors (Lipinski definition) is 2. The Morgan fingerprint density at radius 1 is 1.03 bits per heavy atom. The monoisotopic (exact) mass is 422 g/mol. The number of aromatic nitrogens is 2. The summed E-state index contributed by atoms with van der Waals surface area (Å²) in [7, 11) is 0. The van der Waals surface area contributed by atoms with E-state index in [1.165, 1.54) is 43.5 Å². The molecule has 0 saturated heterocycles. The highest BCUT2D eigenvalue weighted by atomic mass is 35.5. The first kappa shape index (κ1) is 20.4. The van der Waals surface area contributed by atoms with E-state index < -0.39 is 17.8 Å². The molecule has 0 spiro atoms. The fourth-order valence-electron chi connectivity index (χ4n) is 2.48. The number of hydrogen-bond acceptors (Lipinski definition) is 3. The molecular weight excluding hydrogens is 409 g/mol. The minimum atomic E-state index is -4.53. The first-order valence-corrected chi connectivity index (χ1v) is 8.63. The molecule has 1 aromatic heterocycles. The van der Waals surface area contributed by atoms with Gasteiger partial charge in [-0.25, -0.2) is 4.68 Å². The van der Waals surface area contributed by atoms with Gasteiger partial charge in [0.15, 0.2) is 5.69 Å². The van der Waals surface area contributed by atoms with E-state index in [0.29, 0.717) is 17.1 Å². The molecule has 3 aromatic rings. The molecule has 0 bridgehead atoms. The average Bonchev–Trinajstić information content (AvgIpc) is 3.14. The van der Waals surface area contributed by atoms with Crippen molar-refractivity contribution in [1.29, 1.82) is 0 Å². The number of carbonyl (C=O) groups is 2. The Kier molecular flexibility index (Phi) is 5.60. The molecule has 0 aliphatic carbocycles. The molecule has 0 saturated carbocycles. The molecule has 2 N–H and O–H groups in total. The number of amides is 2. The molecule has 0 unspecified atom stereocenters. The topological polar surface area (TPSA) is 76.0 Å². The highest BCUT2D eigenvalue weighted by molar-refractivity contribution is 6.34. The second kappa shape index (κ2) is 7.96. The van der Waals surface area contributed by atoms with Crippen LogP contribution in [0.2, 0.25) is 5.02 Å². The Labute approximate surface area is 168 Å². The van der Waals surface area contributed by atoms with E-state index in [9.17, 15) is 22.8 Å². The fourth-order valence-corrected chi connectivity index (χ4v) is 2.70. The molecule has 150 valence electrons. The van der Waals surface area contributed by atoms with Crippen LogP contribution in [0.5, 0.6) is 0 Å². The molecule has 2 amide bonds. The normalized spacial score (nSPS) is 11.2. The number of carbonyl (C=O) groups excluding carboxylic acids is 2. The number of rotatable bonds is 4. The highest BCUT2D eigenvalue weighted by Gasteiger charge is 2.33. The second-order valence-electron chi connectivity index (χ2n) is 6.02. The summed E-state index contributed by atoms with van der Waals surface area (Å²) in [6.45, 7) is 1.36. The molecule has 0 atom stereocenters. The van der Waals surface area contributed by atoms with Gasteiger partial charge in [-0.2, -0.15) is 18.3 Å². The van der Waals surface area contributed by atoms with Crippen LogP contribution in [0.1, 0.15) is 23.0 Å². The summed E-state index contributed by atoms with van der Waals surface area (Å²) in [5.41, 5.74) is 0.476. The van der Waals surface area contributed by atoms with E-state index in [-0.39, 0.29) is 16.5 Å². The Balaban J connectivity index is 1.72. The number of benzene rings is 2. The van der Waals surface area contributed by atoms with Gasteiger partial charge in [-0.15, -0.1) is 0 Å². The van der Waals surface area contributed by atoms with Gasteiger partial charge in [-0.1, -0.05) is 11.6 Å². The molecule has 6 nitrogen and oxygen atoms in total. The van der Waals surface area contributed by atoms with E-state index in [0.717, 1.165) is 10.7 Å². The van der Waals surface area contributed by atoms with Gasteiger partial charge in [0.25, 0.3) is 5.91 Å². The number of alkyl halides is 3. The molecule has 3 rings (SSSR count). The summed E-state index contributed by atoms with van der Waals surface area (Å²) in [6, 6.07) is 11.4. The minimum Gasteiger partial charge on any atom is -0.326 e. The molecule has 0 fully saturated rings. The van der Waals surface area contributed by atoms with Crippen molar-refractivity contribution in [2.45, 2.75) is 13.1 Å². The van der Waals surface area contributed by atoms with Gasteiger partial charge >= 0.3 is 6.18 Å². The zero-order valence-corrected chi connectivity index (χ0v) is 15.7. The van der Waals surface area contributed by atoms with Gasteiger partial charge in [-0.05, 0) is 48.5 Å². The summed E-state index contributed by atoms with van der Waals surface area (Å²) in [5.74, 6) is -0.709. The van der Waals surface area contributed by atoms with Crippen LogP contribution in [-0.4, -0.2) is 21.6 Å². The summed E-state index contributed by atoms with van der Waals surface area (Å²) in [6.07, 6.45) is -3.34. The van der Waals surface area contributed by atoms with Gasteiger partial charge in [-0.3, -0.25) is 9.59 Å². The maximum atomic E-state index is 12.7. The third kappa shape index (κ3) is 4.94. The number of nitrogens with zero attached hydrogens (tertiary/aromatic N) is 2. The number of anilines is 2. The SMILES string of the molecule is CC(=O)Nc1ccc(NC(=O)c2ccc(-n3ccc(C(F)(F)F)n3)cc2)c(Cl)c1. The lowest BCUT2D eigenvalue weighted by Gasteiger charge is -2.10. The van der Waals surface area contributed by atoms with Crippen LogP contribution in [0.25, 0.3) is 5.69 Å². The predicted octanol–water partition coefficient (Wildman–Crippen LogP) is 4.76. The molecule has 0 aliphatic rings. The van der Waals surface area contributed by atoms with E-state index in [4.69, 9.17) is 11.6 Å². The van der Waals surface area contributed by atoms with E-state index >= 15 is 0 Å². The van der Waals surface area contributed by atoms with E-state index in [1.807, 2.05) is 0 Å². The zero-order chi connectivity index (χ0) is 21.2. The van der Waals surface area contributed by atoms with Gasteiger partial charge < -0.3 is 10.6 Å². The minimum absolute atomic E-state index is 0.234. The first-order chi connectivity index (χ1) is 13.6. The second-order valence-corrected chi connectivity index (χ2v) is 6.43. The van der Waals surface area contributed by atoms with Crippen molar-refractivity contribution < 1.29 is 22.8 Å². The van der Waals surface area contributed by atoms with Gasteiger partial charge in [0.1, 0.15) is 0 Å². The van der Waals surface area contributed by atoms with Crippen LogP contribution in [0, 0.1) is 0 Å². The van der Waals surface area contributed by atoms with Crippen molar-refractivity contribution in [3.8, 4) is 5.69 Å². The Morgan fingerprint density at radius 2 is 1.72 bits per heavy atom. The van der Waals surface area contributed by atoms with Crippen LogP contribution in [-0.2, 0) is 11.0 Å². The molecule has 0 radical (unpaired) electrons. The smallest absolute Gasteiger partial charge is 0.326 e. The van der Waals surface area contributed by atoms with Crippen LogP contribution in [0.3, 0.4) is 0 Å². The molecule has 0 aliphatic heterocycles. The molecular formula is C19H14ClF3N4O2. The Morgan fingerprint density at radius 3 is 2.28 bits per heavy atom. The predicted molar refractivity (Wildman–Crippen MR) is 102 cm³/mol. The van der Waals surface area contributed by atoms with E-state index in [1.54, 1.807) is 12.1 Å². The van der Waals surface area contributed by atoms with Crippen molar-refractivity contribution in [3.05, 3.63) is 71.0 Å². The molecule has 1 heterocycles. The standard InChI is InChI=1S/C19H14ClF3N4O2/c1-11(28)24-13-4-7-16(15(20)10-13)25-18(29)12-2-5-14(6-3-12)27-9-8-17(26-27)19(21,22)23/h2-10H,1H3,(H,24,28)(H,25,29). The number of nitrogens with one attached hydrogen (secondary N) is 2. The Hall–Kier alpha value is -3.33. The van der Waals surface area contributed by atoms with Crippen LogP contribution in [0.15, 0.2) is 54.7 Å². The quantitative estimate of drug-likeness (QED) is 0.636. The van der Waals surface area contributed by atoms with Crippen molar-refractivity contribution in [2.75, 3.05) is 10.6 Å². The first-order valence-electron chi connectivity index (χ1n) is 8.25. The summed E-state index contributed by atoms with van der Waals surface area (Å²) >= 11 is 6.12. The summed E-state index contributed by atoms with van der Waals surface area (Å²) < 4.78 is 39.0. The van der Waals surface area contributed by atoms with Crippen molar-refractivity contribution >= 4 is 34.8 Å². The van der Waals surface area contributed by atoms with Crippen molar-refractivity contribution in [3.63, 3.8) is 0 Å². The highest BCUT2D eigenvalue weighted by Crippen LogP contribution is 2.28. The summed E-state index contributed by atoms with van der Waals surface area (Å²) in [5, 5.41) is 8.92. The van der Waals surface area contributed by atoms with Crippen LogP contribution >= 0.6 is 11.6 Å². The lowest BCUT2D eigenvalue weighted by atomic mass is 10.2. The van der Waals surface area contributed by atoms with Crippen molar-refractivity contribution in [2.24, 2.45) is 0 Å². The van der Waals surface area contributed by atoms with E-state index in [2.05, 4.69) is 15.7 Å². The number of halogens is 4. The fraction of sp³-hybridized carbons (Fsp3) is 0.105.